The van der Waals surface area contributed by atoms with Gasteiger partial charge < -0.3 is 15.4 Å². The van der Waals surface area contributed by atoms with E-state index in [4.69, 9.17) is 10.5 Å². The van der Waals surface area contributed by atoms with Gasteiger partial charge in [0, 0.05) is 19.1 Å². The van der Waals surface area contributed by atoms with Crippen LogP contribution in [0.1, 0.15) is 25.1 Å². The van der Waals surface area contributed by atoms with E-state index < -0.39 is 0 Å². The topological polar surface area (TPSA) is 51.4 Å². The third-order valence-electron chi connectivity index (χ3n) is 2.97. The fourth-order valence-electron chi connectivity index (χ4n) is 1.83. The molecule has 4 nitrogen and oxygen atoms in total. The van der Waals surface area contributed by atoms with Gasteiger partial charge in [0.2, 0.25) is 0 Å². The Morgan fingerprint density at radius 2 is 2.19 bits per heavy atom. The third kappa shape index (κ3) is 2.51. The van der Waals surface area contributed by atoms with Crippen LogP contribution < -0.4 is 10.6 Å². The molecule has 1 saturated heterocycles. The van der Waals surface area contributed by atoms with E-state index in [9.17, 15) is 0 Å². The molecule has 1 unspecified atom stereocenters. The molecule has 1 atom stereocenters. The molecule has 1 aliphatic rings. The number of pyridine rings is 1. The molecule has 1 aromatic rings. The second-order valence-corrected chi connectivity index (χ2v) is 4.06. The average molecular weight is 221 g/mol. The minimum atomic E-state index is 0.0544. The lowest BCUT2D eigenvalue weighted by atomic mass is 10.1. The fourth-order valence-corrected chi connectivity index (χ4v) is 1.83. The zero-order chi connectivity index (χ0) is 11.4. The summed E-state index contributed by atoms with van der Waals surface area (Å²) in [4.78, 5) is 6.71. The van der Waals surface area contributed by atoms with Crippen LogP contribution >= 0.6 is 0 Å². The van der Waals surface area contributed by atoms with Gasteiger partial charge in [0.05, 0.1) is 30.8 Å². The largest absolute Gasteiger partial charge is 0.378 e. The molecule has 0 aromatic carbocycles. The molecule has 16 heavy (non-hydrogen) atoms. The predicted molar refractivity (Wildman–Crippen MR) is 64.5 cm³/mol. The molecular formula is C12H19N3O. The minimum Gasteiger partial charge on any atom is -0.378 e. The van der Waals surface area contributed by atoms with Gasteiger partial charge in [-0.2, -0.15) is 0 Å². The molecule has 2 N–H and O–H groups in total. The fraction of sp³-hybridized carbons (Fsp3) is 0.583. The maximum Gasteiger partial charge on any atom is 0.0642 e. The van der Waals surface area contributed by atoms with Crippen LogP contribution in [0.5, 0.6) is 0 Å². The average Bonchev–Trinajstić information content (AvgIpc) is 2.39. The summed E-state index contributed by atoms with van der Waals surface area (Å²) in [7, 11) is 0. The Morgan fingerprint density at radius 3 is 2.75 bits per heavy atom. The Labute approximate surface area is 96.4 Å². The highest BCUT2D eigenvalue weighted by atomic mass is 16.5. The second kappa shape index (κ2) is 5.27. The smallest absolute Gasteiger partial charge is 0.0642 e. The third-order valence-corrected chi connectivity index (χ3v) is 2.97. The van der Waals surface area contributed by atoms with Crippen LogP contribution in [0, 0.1) is 0 Å². The molecule has 1 aliphatic heterocycles. The van der Waals surface area contributed by atoms with E-state index in [1.165, 1.54) is 0 Å². The first kappa shape index (κ1) is 11.4. The van der Waals surface area contributed by atoms with Gasteiger partial charge in [-0.15, -0.1) is 0 Å². The Balaban J connectivity index is 2.06. The van der Waals surface area contributed by atoms with Crippen LogP contribution in [0.2, 0.25) is 0 Å². The molecule has 0 radical (unpaired) electrons. The molecule has 1 aromatic heterocycles. The zero-order valence-corrected chi connectivity index (χ0v) is 9.72. The van der Waals surface area contributed by atoms with Gasteiger partial charge in [-0.05, 0) is 18.6 Å². The van der Waals surface area contributed by atoms with Crippen molar-refractivity contribution in [3.63, 3.8) is 0 Å². The number of ether oxygens (including phenoxy) is 1. The van der Waals surface area contributed by atoms with Crippen LogP contribution in [0.15, 0.2) is 18.3 Å². The monoisotopic (exact) mass is 221 g/mol. The van der Waals surface area contributed by atoms with Crippen molar-refractivity contribution in [1.82, 2.24) is 4.98 Å². The Kier molecular flexibility index (Phi) is 3.74. The summed E-state index contributed by atoms with van der Waals surface area (Å²) in [5, 5.41) is 0. The number of hydrogen-bond donors (Lipinski definition) is 1. The van der Waals surface area contributed by atoms with E-state index in [1.807, 2.05) is 12.3 Å². The van der Waals surface area contributed by atoms with E-state index in [-0.39, 0.29) is 6.04 Å². The lowest BCUT2D eigenvalue weighted by Gasteiger charge is -2.28. The summed E-state index contributed by atoms with van der Waals surface area (Å²) < 4.78 is 5.32. The van der Waals surface area contributed by atoms with Crippen molar-refractivity contribution in [2.75, 3.05) is 31.2 Å². The van der Waals surface area contributed by atoms with Crippen molar-refractivity contribution < 1.29 is 4.74 Å². The van der Waals surface area contributed by atoms with Crippen LogP contribution in [0.25, 0.3) is 0 Å². The summed E-state index contributed by atoms with van der Waals surface area (Å²) in [5.74, 6) is 0. The number of nitrogens with two attached hydrogens (primary N) is 1. The zero-order valence-electron chi connectivity index (χ0n) is 9.72. The van der Waals surface area contributed by atoms with Crippen molar-refractivity contribution in [2.24, 2.45) is 5.73 Å². The summed E-state index contributed by atoms with van der Waals surface area (Å²) >= 11 is 0. The molecule has 0 bridgehead atoms. The SMILES string of the molecule is CCC(N)c1ccc(N2CCOCC2)cn1. The normalized spacial score (nSPS) is 18.5. The van der Waals surface area contributed by atoms with Gasteiger partial charge in [0.15, 0.2) is 0 Å². The Morgan fingerprint density at radius 1 is 1.44 bits per heavy atom. The summed E-state index contributed by atoms with van der Waals surface area (Å²) in [6.07, 6.45) is 2.83. The molecular weight excluding hydrogens is 202 g/mol. The molecule has 1 fully saturated rings. The second-order valence-electron chi connectivity index (χ2n) is 4.06. The molecule has 0 amide bonds. The van der Waals surface area contributed by atoms with Crippen molar-refractivity contribution in [3.8, 4) is 0 Å². The highest BCUT2D eigenvalue weighted by Gasteiger charge is 2.12. The number of hydrogen-bond acceptors (Lipinski definition) is 4. The lowest BCUT2D eigenvalue weighted by Crippen LogP contribution is -2.36. The van der Waals surface area contributed by atoms with Crippen LogP contribution in [0.3, 0.4) is 0 Å². The first-order valence-corrected chi connectivity index (χ1v) is 5.85. The van der Waals surface area contributed by atoms with Crippen molar-refractivity contribution >= 4 is 5.69 Å². The minimum absolute atomic E-state index is 0.0544. The first-order chi connectivity index (χ1) is 7.81. The van der Waals surface area contributed by atoms with Crippen LogP contribution in [-0.2, 0) is 4.74 Å². The highest BCUT2D eigenvalue weighted by Crippen LogP contribution is 2.17. The van der Waals surface area contributed by atoms with E-state index in [1.54, 1.807) is 0 Å². The van der Waals surface area contributed by atoms with Gasteiger partial charge in [-0.25, -0.2) is 0 Å². The first-order valence-electron chi connectivity index (χ1n) is 5.85. The maximum absolute atomic E-state index is 5.93. The van der Waals surface area contributed by atoms with Crippen molar-refractivity contribution in [2.45, 2.75) is 19.4 Å². The number of nitrogens with zero attached hydrogens (tertiary/aromatic N) is 2. The van der Waals surface area contributed by atoms with E-state index in [0.717, 1.165) is 44.1 Å². The van der Waals surface area contributed by atoms with E-state index >= 15 is 0 Å². The predicted octanol–water partition coefficient (Wildman–Crippen LogP) is 1.33. The Hall–Kier alpha value is -1.13. The number of anilines is 1. The van der Waals surface area contributed by atoms with E-state index in [2.05, 4.69) is 22.9 Å². The maximum atomic E-state index is 5.93. The summed E-state index contributed by atoms with van der Waals surface area (Å²) in [6.45, 7) is 5.57. The quantitative estimate of drug-likeness (QED) is 0.836. The Bertz CT molecular complexity index is 320. The van der Waals surface area contributed by atoms with Crippen molar-refractivity contribution in [3.05, 3.63) is 24.0 Å². The number of rotatable bonds is 3. The van der Waals surface area contributed by atoms with Gasteiger partial charge >= 0.3 is 0 Å². The van der Waals surface area contributed by atoms with Crippen molar-refractivity contribution in [1.29, 1.82) is 0 Å². The van der Waals surface area contributed by atoms with Crippen LogP contribution in [0.4, 0.5) is 5.69 Å². The molecule has 0 spiro atoms. The molecule has 4 heteroatoms. The number of morpholine rings is 1. The molecule has 2 heterocycles. The van der Waals surface area contributed by atoms with Gasteiger partial charge in [0.1, 0.15) is 0 Å². The molecule has 0 aliphatic carbocycles. The van der Waals surface area contributed by atoms with Crippen LogP contribution in [-0.4, -0.2) is 31.3 Å². The summed E-state index contributed by atoms with van der Waals surface area (Å²) in [6, 6.07) is 4.18. The molecule has 88 valence electrons. The van der Waals surface area contributed by atoms with Gasteiger partial charge in [0.25, 0.3) is 0 Å². The standard InChI is InChI=1S/C12H19N3O/c1-2-11(13)12-4-3-10(9-14-12)15-5-7-16-8-6-15/h3-4,9,11H,2,5-8,13H2,1H3. The van der Waals surface area contributed by atoms with Gasteiger partial charge in [-0.3, -0.25) is 4.98 Å². The molecule has 2 rings (SSSR count). The molecule has 0 saturated carbocycles. The summed E-state index contributed by atoms with van der Waals surface area (Å²) in [5.41, 5.74) is 8.06. The lowest BCUT2D eigenvalue weighted by molar-refractivity contribution is 0.122. The number of aromatic nitrogens is 1. The van der Waals surface area contributed by atoms with E-state index in [0.29, 0.717) is 0 Å². The highest BCUT2D eigenvalue weighted by molar-refractivity contribution is 5.45. The van der Waals surface area contributed by atoms with Gasteiger partial charge in [-0.1, -0.05) is 6.92 Å².